The zero-order chi connectivity index (χ0) is 14.8. The van der Waals surface area contributed by atoms with Gasteiger partial charge in [-0.05, 0) is 36.8 Å². The Hall–Kier alpha value is -2.53. The number of halogens is 1. The first kappa shape index (κ1) is 13.5. The number of aryl methyl sites for hydroxylation is 1. The fourth-order valence-electron chi connectivity index (χ4n) is 2.31. The van der Waals surface area contributed by atoms with Crippen molar-refractivity contribution in [1.82, 2.24) is 14.8 Å². The minimum Gasteiger partial charge on any atom is -0.324 e. The lowest BCUT2D eigenvalue weighted by Crippen LogP contribution is -2.08. The van der Waals surface area contributed by atoms with Crippen molar-refractivity contribution < 1.29 is 4.39 Å². The van der Waals surface area contributed by atoms with Crippen LogP contribution in [0.3, 0.4) is 0 Å². The van der Waals surface area contributed by atoms with Crippen molar-refractivity contribution in [1.29, 1.82) is 0 Å². The van der Waals surface area contributed by atoms with Gasteiger partial charge in [0.2, 0.25) is 0 Å². The van der Waals surface area contributed by atoms with E-state index in [-0.39, 0.29) is 12.4 Å². The van der Waals surface area contributed by atoms with Crippen LogP contribution in [0.5, 0.6) is 0 Å². The molecule has 0 spiro atoms. The first-order valence-corrected chi connectivity index (χ1v) is 6.67. The molecule has 3 aromatic rings. The van der Waals surface area contributed by atoms with E-state index in [9.17, 15) is 4.39 Å². The summed E-state index contributed by atoms with van der Waals surface area (Å²) in [6, 6.07) is 14.3. The van der Waals surface area contributed by atoms with Crippen LogP contribution in [0.15, 0.2) is 48.5 Å². The molecule has 0 saturated carbocycles. The molecule has 21 heavy (non-hydrogen) atoms. The van der Waals surface area contributed by atoms with Crippen molar-refractivity contribution >= 4 is 0 Å². The Morgan fingerprint density at radius 3 is 2.57 bits per heavy atom. The molecule has 0 bridgehead atoms. The summed E-state index contributed by atoms with van der Waals surface area (Å²) in [5.74, 6) is 0.936. The normalized spacial score (nSPS) is 10.8. The van der Waals surface area contributed by atoms with Gasteiger partial charge in [-0.3, -0.25) is 4.57 Å². The Labute approximate surface area is 122 Å². The highest BCUT2D eigenvalue weighted by atomic mass is 19.1. The fraction of sp³-hybridized carbons (Fsp3) is 0.125. The zero-order valence-corrected chi connectivity index (χ0v) is 11.6. The standard InChI is InChI=1S/C16H15FN4/c1-11-7-8-12(17)9-14(11)16-20-19-15(10-18)21(16)13-5-3-2-4-6-13/h2-9H,10,18H2,1H3. The number of nitrogens with zero attached hydrogens (tertiary/aromatic N) is 3. The molecule has 106 valence electrons. The van der Waals surface area contributed by atoms with Gasteiger partial charge in [0.05, 0.1) is 6.54 Å². The molecular weight excluding hydrogens is 267 g/mol. The molecule has 1 aromatic heterocycles. The molecule has 0 fully saturated rings. The van der Waals surface area contributed by atoms with E-state index in [4.69, 9.17) is 5.73 Å². The molecule has 2 N–H and O–H groups in total. The van der Waals surface area contributed by atoms with Crippen molar-refractivity contribution in [3.05, 3.63) is 65.7 Å². The Balaban J connectivity index is 2.25. The van der Waals surface area contributed by atoms with E-state index in [1.54, 1.807) is 6.07 Å². The van der Waals surface area contributed by atoms with Crippen LogP contribution in [0, 0.1) is 12.7 Å². The molecule has 0 aliphatic heterocycles. The molecule has 0 aliphatic rings. The summed E-state index contributed by atoms with van der Waals surface area (Å²) >= 11 is 0. The number of hydrogen-bond donors (Lipinski definition) is 1. The maximum absolute atomic E-state index is 13.6. The molecule has 0 atom stereocenters. The number of nitrogens with two attached hydrogens (primary N) is 1. The Kier molecular flexibility index (Phi) is 3.50. The van der Waals surface area contributed by atoms with Crippen LogP contribution in [0.25, 0.3) is 17.1 Å². The SMILES string of the molecule is Cc1ccc(F)cc1-c1nnc(CN)n1-c1ccccc1. The predicted octanol–water partition coefficient (Wildman–Crippen LogP) is 2.84. The van der Waals surface area contributed by atoms with Gasteiger partial charge in [0, 0.05) is 11.3 Å². The number of aromatic nitrogens is 3. The van der Waals surface area contributed by atoms with E-state index in [0.717, 1.165) is 11.3 Å². The summed E-state index contributed by atoms with van der Waals surface area (Å²) in [5, 5.41) is 8.33. The maximum Gasteiger partial charge on any atom is 0.168 e. The van der Waals surface area contributed by atoms with E-state index < -0.39 is 0 Å². The fourth-order valence-corrected chi connectivity index (χ4v) is 2.31. The Morgan fingerprint density at radius 1 is 1.10 bits per heavy atom. The van der Waals surface area contributed by atoms with Crippen LogP contribution in [-0.4, -0.2) is 14.8 Å². The average Bonchev–Trinajstić information content (AvgIpc) is 2.94. The lowest BCUT2D eigenvalue weighted by Gasteiger charge is -2.11. The lowest BCUT2D eigenvalue weighted by molar-refractivity contribution is 0.627. The molecule has 5 heteroatoms. The van der Waals surface area contributed by atoms with Crippen molar-refractivity contribution in [3.8, 4) is 17.1 Å². The van der Waals surface area contributed by atoms with Gasteiger partial charge in [0.1, 0.15) is 5.82 Å². The van der Waals surface area contributed by atoms with E-state index in [1.165, 1.54) is 12.1 Å². The van der Waals surface area contributed by atoms with E-state index in [1.807, 2.05) is 41.8 Å². The van der Waals surface area contributed by atoms with E-state index in [2.05, 4.69) is 10.2 Å². The van der Waals surface area contributed by atoms with Gasteiger partial charge in [0.25, 0.3) is 0 Å². The Morgan fingerprint density at radius 2 is 1.86 bits per heavy atom. The third kappa shape index (κ3) is 2.43. The van der Waals surface area contributed by atoms with E-state index >= 15 is 0 Å². The minimum absolute atomic E-state index is 0.260. The van der Waals surface area contributed by atoms with Gasteiger partial charge >= 0.3 is 0 Å². The summed E-state index contributed by atoms with van der Waals surface area (Å²) in [6.07, 6.45) is 0. The monoisotopic (exact) mass is 282 g/mol. The third-order valence-corrected chi connectivity index (χ3v) is 3.37. The van der Waals surface area contributed by atoms with Gasteiger partial charge in [0.15, 0.2) is 11.6 Å². The smallest absolute Gasteiger partial charge is 0.168 e. The summed E-state index contributed by atoms with van der Waals surface area (Å²) in [6.45, 7) is 2.18. The second kappa shape index (κ2) is 5.46. The highest BCUT2D eigenvalue weighted by Gasteiger charge is 2.16. The molecule has 2 aromatic carbocycles. The molecule has 0 aliphatic carbocycles. The maximum atomic E-state index is 13.6. The van der Waals surface area contributed by atoms with Crippen LogP contribution < -0.4 is 5.73 Å². The van der Waals surface area contributed by atoms with Crippen molar-refractivity contribution in [3.63, 3.8) is 0 Å². The van der Waals surface area contributed by atoms with Crippen LogP contribution in [-0.2, 0) is 6.54 Å². The second-order valence-electron chi connectivity index (χ2n) is 4.77. The molecule has 0 radical (unpaired) electrons. The van der Waals surface area contributed by atoms with Gasteiger partial charge in [-0.2, -0.15) is 0 Å². The summed E-state index contributed by atoms with van der Waals surface area (Å²) in [5.41, 5.74) is 8.30. The molecular formula is C16H15FN4. The highest BCUT2D eigenvalue weighted by molar-refractivity contribution is 5.63. The molecule has 0 unspecified atom stereocenters. The van der Waals surface area contributed by atoms with Crippen LogP contribution in [0.2, 0.25) is 0 Å². The van der Waals surface area contributed by atoms with E-state index in [0.29, 0.717) is 17.2 Å². The predicted molar refractivity (Wildman–Crippen MR) is 79.4 cm³/mol. The molecule has 4 nitrogen and oxygen atoms in total. The van der Waals surface area contributed by atoms with Gasteiger partial charge < -0.3 is 5.73 Å². The first-order valence-electron chi connectivity index (χ1n) is 6.67. The number of benzene rings is 2. The zero-order valence-electron chi connectivity index (χ0n) is 11.6. The minimum atomic E-state index is -0.299. The number of para-hydroxylation sites is 1. The first-order chi connectivity index (χ1) is 10.2. The van der Waals surface area contributed by atoms with Gasteiger partial charge in [-0.25, -0.2) is 4.39 Å². The number of rotatable bonds is 3. The lowest BCUT2D eigenvalue weighted by atomic mass is 10.1. The Bertz CT molecular complexity index is 765. The van der Waals surface area contributed by atoms with Crippen molar-refractivity contribution in [2.24, 2.45) is 5.73 Å². The average molecular weight is 282 g/mol. The second-order valence-corrected chi connectivity index (χ2v) is 4.77. The van der Waals surface area contributed by atoms with Gasteiger partial charge in [-0.1, -0.05) is 24.3 Å². The van der Waals surface area contributed by atoms with Crippen LogP contribution in [0.4, 0.5) is 4.39 Å². The van der Waals surface area contributed by atoms with Crippen LogP contribution >= 0.6 is 0 Å². The molecule has 1 heterocycles. The molecule has 0 amide bonds. The topological polar surface area (TPSA) is 56.7 Å². The summed E-state index contributed by atoms with van der Waals surface area (Å²) in [4.78, 5) is 0. The highest BCUT2D eigenvalue weighted by Crippen LogP contribution is 2.26. The van der Waals surface area contributed by atoms with Gasteiger partial charge in [-0.15, -0.1) is 10.2 Å². The van der Waals surface area contributed by atoms with Crippen LogP contribution in [0.1, 0.15) is 11.4 Å². The summed E-state index contributed by atoms with van der Waals surface area (Å²) in [7, 11) is 0. The summed E-state index contributed by atoms with van der Waals surface area (Å²) < 4.78 is 15.4. The quantitative estimate of drug-likeness (QED) is 0.803. The molecule has 0 saturated heterocycles. The largest absolute Gasteiger partial charge is 0.324 e. The third-order valence-electron chi connectivity index (χ3n) is 3.37. The van der Waals surface area contributed by atoms with Crippen molar-refractivity contribution in [2.75, 3.05) is 0 Å². The van der Waals surface area contributed by atoms with Crippen molar-refractivity contribution in [2.45, 2.75) is 13.5 Å². The molecule has 3 rings (SSSR count). The number of hydrogen-bond acceptors (Lipinski definition) is 3.